The lowest BCUT2D eigenvalue weighted by Crippen LogP contribution is -2.57. The van der Waals surface area contributed by atoms with Crippen LogP contribution in [0.3, 0.4) is 0 Å². The maximum atomic E-state index is 12.2. The summed E-state index contributed by atoms with van der Waals surface area (Å²) in [5.41, 5.74) is 0. The fraction of sp³-hybridized carbons (Fsp3) is 0.889. The third kappa shape index (κ3) is 2.52. The van der Waals surface area contributed by atoms with Crippen molar-refractivity contribution in [3.8, 4) is 6.07 Å². The smallest absolute Gasteiger partial charge is 0.283 e. The summed E-state index contributed by atoms with van der Waals surface area (Å²) in [5.74, 6) is 0. The van der Waals surface area contributed by atoms with Crippen LogP contribution in [0.4, 0.5) is 0 Å². The van der Waals surface area contributed by atoms with E-state index in [-0.39, 0.29) is 6.04 Å². The maximum Gasteiger partial charge on any atom is 0.283 e. The Morgan fingerprint density at radius 1 is 1.56 bits per heavy atom. The molecular weight excluding hydrogens is 228 g/mol. The summed E-state index contributed by atoms with van der Waals surface area (Å²) in [4.78, 5) is 0. The van der Waals surface area contributed by atoms with E-state index in [0.717, 1.165) is 0 Å². The quantitative estimate of drug-likeness (QED) is 0.719. The standard InChI is InChI=1S/C9H18N4O2S/c1-8(2)12(3)16(14,15)13-5-4-11-7-9(13)6-10/h8-9,11H,4-5,7H2,1-3H3. The minimum absolute atomic E-state index is 0.112. The first kappa shape index (κ1) is 13.4. The Morgan fingerprint density at radius 2 is 2.19 bits per heavy atom. The molecule has 1 N–H and O–H groups in total. The molecule has 0 saturated carbocycles. The molecule has 1 saturated heterocycles. The van der Waals surface area contributed by atoms with Crippen molar-refractivity contribution >= 4 is 10.2 Å². The maximum absolute atomic E-state index is 12.2. The zero-order valence-corrected chi connectivity index (χ0v) is 10.7. The molecule has 92 valence electrons. The highest BCUT2D eigenvalue weighted by Gasteiger charge is 2.35. The highest BCUT2D eigenvalue weighted by atomic mass is 32.2. The number of nitrogens with one attached hydrogen (secondary N) is 1. The highest BCUT2D eigenvalue weighted by molar-refractivity contribution is 7.86. The van der Waals surface area contributed by atoms with Gasteiger partial charge in [-0.3, -0.25) is 0 Å². The van der Waals surface area contributed by atoms with Crippen LogP contribution in [0.2, 0.25) is 0 Å². The molecule has 1 rings (SSSR count). The van der Waals surface area contributed by atoms with Crippen LogP contribution in [0.1, 0.15) is 13.8 Å². The molecule has 1 fully saturated rings. The van der Waals surface area contributed by atoms with E-state index in [1.54, 1.807) is 13.8 Å². The van der Waals surface area contributed by atoms with Crippen molar-refractivity contribution < 1.29 is 8.42 Å². The minimum Gasteiger partial charge on any atom is -0.313 e. The number of hydrogen-bond donors (Lipinski definition) is 1. The van der Waals surface area contributed by atoms with Crippen molar-refractivity contribution in [2.75, 3.05) is 26.7 Å². The fourth-order valence-electron chi connectivity index (χ4n) is 1.50. The lowest BCUT2D eigenvalue weighted by Gasteiger charge is -2.35. The van der Waals surface area contributed by atoms with Crippen molar-refractivity contribution in [1.82, 2.24) is 13.9 Å². The van der Waals surface area contributed by atoms with Gasteiger partial charge in [-0.2, -0.15) is 22.3 Å². The zero-order valence-electron chi connectivity index (χ0n) is 9.84. The van der Waals surface area contributed by atoms with Gasteiger partial charge in [0.2, 0.25) is 0 Å². The molecule has 0 aromatic rings. The molecule has 6 nitrogen and oxygen atoms in total. The summed E-state index contributed by atoms with van der Waals surface area (Å²) in [6.07, 6.45) is 0. The first-order valence-corrected chi connectivity index (χ1v) is 6.66. The molecule has 16 heavy (non-hydrogen) atoms. The van der Waals surface area contributed by atoms with Crippen LogP contribution in [-0.2, 0) is 10.2 Å². The van der Waals surface area contributed by atoms with Gasteiger partial charge in [0.1, 0.15) is 6.04 Å². The van der Waals surface area contributed by atoms with Crippen molar-refractivity contribution in [1.29, 1.82) is 5.26 Å². The van der Waals surface area contributed by atoms with Gasteiger partial charge in [0.05, 0.1) is 6.07 Å². The van der Waals surface area contributed by atoms with Gasteiger partial charge in [-0.25, -0.2) is 0 Å². The third-order valence-electron chi connectivity index (χ3n) is 2.73. The van der Waals surface area contributed by atoms with Gasteiger partial charge in [0.15, 0.2) is 0 Å². The molecule has 7 heteroatoms. The largest absolute Gasteiger partial charge is 0.313 e. The molecule has 0 aromatic carbocycles. The predicted octanol–water partition coefficient (Wildman–Crippen LogP) is -0.631. The second-order valence-electron chi connectivity index (χ2n) is 4.08. The van der Waals surface area contributed by atoms with Crippen molar-refractivity contribution in [3.63, 3.8) is 0 Å². The molecule has 1 atom stereocenters. The number of nitriles is 1. The Morgan fingerprint density at radius 3 is 2.69 bits per heavy atom. The SMILES string of the molecule is CC(C)N(C)S(=O)(=O)N1CCNCC1C#N. The molecule has 1 aliphatic rings. The summed E-state index contributed by atoms with van der Waals surface area (Å²) in [6, 6.07) is 1.29. The van der Waals surface area contributed by atoms with Crippen LogP contribution < -0.4 is 5.32 Å². The van der Waals surface area contributed by atoms with Crippen LogP contribution in [0, 0.1) is 11.3 Å². The van der Waals surface area contributed by atoms with E-state index in [0.29, 0.717) is 19.6 Å². The first-order valence-electron chi connectivity index (χ1n) is 5.26. The molecule has 0 aromatic heterocycles. The number of hydrogen-bond acceptors (Lipinski definition) is 4. The minimum atomic E-state index is -3.52. The normalized spacial score (nSPS) is 23.6. The van der Waals surface area contributed by atoms with Crippen molar-refractivity contribution in [2.24, 2.45) is 0 Å². The molecule has 1 aliphatic heterocycles. The molecule has 0 bridgehead atoms. The summed E-state index contributed by atoms with van der Waals surface area (Å²) in [6.45, 7) is 4.94. The summed E-state index contributed by atoms with van der Waals surface area (Å²) in [7, 11) is -1.98. The zero-order chi connectivity index (χ0) is 12.3. The van der Waals surface area contributed by atoms with Gasteiger partial charge < -0.3 is 5.32 Å². The van der Waals surface area contributed by atoms with Crippen LogP contribution in [0.25, 0.3) is 0 Å². The Bertz CT molecular complexity index is 373. The third-order valence-corrected chi connectivity index (χ3v) is 4.91. The topological polar surface area (TPSA) is 76.4 Å². The van der Waals surface area contributed by atoms with Crippen LogP contribution >= 0.6 is 0 Å². The summed E-state index contributed by atoms with van der Waals surface area (Å²) >= 11 is 0. The lowest BCUT2D eigenvalue weighted by atomic mass is 10.3. The first-order chi connectivity index (χ1) is 7.41. The van der Waals surface area contributed by atoms with Crippen LogP contribution in [0.15, 0.2) is 0 Å². The molecule has 1 heterocycles. The monoisotopic (exact) mass is 246 g/mol. The number of piperazine rings is 1. The van der Waals surface area contributed by atoms with Crippen molar-refractivity contribution in [3.05, 3.63) is 0 Å². The Labute approximate surface area is 97.0 Å². The van der Waals surface area contributed by atoms with Gasteiger partial charge in [0, 0.05) is 32.7 Å². The average Bonchev–Trinajstić information content (AvgIpc) is 2.27. The average molecular weight is 246 g/mol. The number of nitrogens with zero attached hydrogens (tertiary/aromatic N) is 3. The molecule has 0 aliphatic carbocycles. The van der Waals surface area contributed by atoms with E-state index in [9.17, 15) is 8.42 Å². The van der Waals surface area contributed by atoms with E-state index in [2.05, 4.69) is 5.32 Å². The van der Waals surface area contributed by atoms with Gasteiger partial charge in [0.25, 0.3) is 10.2 Å². The van der Waals surface area contributed by atoms with Gasteiger partial charge in [-0.05, 0) is 13.8 Å². The van der Waals surface area contributed by atoms with E-state index >= 15 is 0 Å². The van der Waals surface area contributed by atoms with Crippen molar-refractivity contribution in [2.45, 2.75) is 25.9 Å². The van der Waals surface area contributed by atoms with Gasteiger partial charge in [-0.1, -0.05) is 0 Å². The number of rotatable bonds is 3. The lowest BCUT2D eigenvalue weighted by molar-refractivity contribution is 0.277. The molecule has 0 radical (unpaired) electrons. The Balaban J connectivity index is 2.94. The van der Waals surface area contributed by atoms with E-state index in [1.807, 2.05) is 6.07 Å². The second-order valence-corrected chi connectivity index (χ2v) is 6.02. The van der Waals surface area contributed by atoms with E-state index in [1.165, 1.54) is 15.7 Å². The molecule has 0 amide bonds. The van der Waals surface area contributed by atoms with E-state index in [4.69, 9.17) is 5.26 Å². The Kier molecular flexibility index (Phi) is 4.27. The highest BCUT2D eigenvalue weighted by Crippen LogP contribution is 2.14. The summed E-state index contributed by atoms with van der Waals surface area (Å²) < 4.78 is 26.9. The van der Waals surface area contributed by atoms with Crippen LogP contribution in [0.5, 0.6) is 0 Å². The van der Waals surface area contributed by atoms with Gasteiger partial charge in [-0.15, -0.1) is 0 Å². The second kappa shape index (κ2) is 5.10. The molecule has 0 spiro atoms. The molecular formula is C9H18N4O2S. The predicted molar refractivity (Wildman–Crippen MR) is 60.8 cm³/mol. The Hall–Kier alpha value is -0.680. The summed E-state index contributed by atoms with van der Waals surface area (Å²) in [5, 5.41) is 11.9. The van der Waals surface area contributed by atoms with E-state index < -0.39 is 16.3 Å². The fourth-order valence-corrected chi connectivity index (χ4v) is 3.13. The molecule has 1 unspecified atom stereocenters. The van der Waals surface area contributed by atoms with Crippen LogP contribution in [-0.4, -0.2) is 55.8 Å². The van der Waals surface area contributed by atoms with Gasteiger partial charge >= 0.3 is 0 Å².